The Bertz CT molecular complexity index is 337. The molecule has 0 amide bonds. The Balaban J connectivity index is 1.93. The summed E-state index contributed by atoms with van der Waals surface area (Å²) in [6.07, 6.45) is 2.22. The molecule has 1 aromatic heterocycles. The van der Waals surface area contributed by atoms with E-state index in [4.69, 9.17) is 10.5 Å². The maximum absolute atomic E-state index is 5.66. The van der Waals surface area contributed by atoms with Gasteiger partial charge in [0.15, 0.2) is 0 Å². The van der Waals surface area contributed by atoms with Crippen LogP contribution in [-0.4, -0.2) is 36.2 Å². The average molecular weight is 221 g/mol. The van der Waals surface area contributed by atoms with Crippen molar-refractivity contribution in [2.45, 2.75) is 25.4 Å². The molecule has 2 N–H and O–H groups in total. The number of rotatable bonds is 3. The van der Waals surface area contributed by atoms with Gasteiger partial charge in [0.1, 0.15) is 5.82 Å². The van der Waals surface area contributed by atoms with E-state index >= 15 is 0 Å². The summed E-state index contributed by atoms with van der Waals surface area (Å²) >= 11 is 0. The zero-order valence-corrected chi connectivity index (χ0v) is 9.72. The van der Waals surface area contributed by atoms with Crippen LogP contribution in [0.15, 0.2) is 18.2 Å². The first kappa shape index (κ1) is 11.4. The summed E-state index contributed by atoms with van der Waals surface area (Å²) in [5, 5.41) is 0. The van der Waals surface area contributed by atoms with Crippen molar-refractivity contribution in [2.75, 3.05) is 26.0 Å². The fraction of sp³-hybridized carbons (Fsp3) is 0.583. The lowest BCUT2D eigenvalue weighted by Crippen LogP contribution is -2.36. The van der Waals surface area contributed by atoms with Crippen molar-refractivity contribution >= 4 is 5.82 Å². The second-order valence-electron chi connectivity index (χ2n) is 4.31. The number of hydrogen-bond acceptors (Lipinski definition) is 4. The molecule has 0 radical (unpaired) electrons. The number of anilines is 1. The summed E-state index contributed by atoms with van der Waals surface area (Å²) in [4.78, 5) is 6.65. The van der Waals surface area contributed by atoms with Crippen molar-refractivity contribution in [3.63, 3.8) is 0 Å². The van der Waals surface area contributed by atoms with Crippen LogP contribution in [0, 0.1) is 0 Å². The van der Waals surface area contributed by atoms with E-state index in [-0.39, 0.29) is 0 Å². The first-order chi connectivity index (χ1) is 7.75. The van der Waals surface area contributed by atoms with Crippen LogP contribution in [0.5, 0.6) is 0 Å². The van der Waals surface area contributed by atoms with Gasteiger partial charge in [-0.15, -0.1) is 0 Å². The highest BCUT2D eigenvalue weighted by Gasteiger charge is 2.18. The molecule has 1 saturated heterocycles. The van der Waals surface area contributed by atoms with E-state index in [1.54, 1.807) is 0 Å². The summed E-state index contributed by atoms with van der Waals surface area (Å²) in [5.74, 6) is 0.595. The van der Waals surface area contributed by atoms with Crippen LogP contribution < -0.4 is 5.73 Å². The van der Waals surface area contributed by atoms with Gasteiger partial charge in [-0.3, -0.25) is 4.90 Å². The van der Waals surface area contributed by atoms with Crippen LogP contribution in [0.25, 0.3) is 0 Å². The monoisotopic (exact) mass is 221 g/mol. The SMILES string of the molecule is CN(Cc1cccc(N)n1)C1CCOCC1. The number of hydrogen-bond donors (Lipinski definition) is 1. The van der Waals surface area contributed by atoms with Gasteiger partial charge in [-0.1, -0.05) is 6.07 Å². The van der Waals surface area contributed by atoms with E-state index < -0.39 is 0 Å². The van der Waals surface area contributed by atoms with Crippen molar-refractivity contribution in [2.24, 2.45) is 0 Å². The second kappa shape index (κ2) is 5.27. The van der Waals surface area contributed by atoms with Crippen molar-refractivity contribution in [3.8, 4) is 0 Å². The minimum Gasteiger partial charge on any atom is -0.384 e. The molecule has 1 aliphatic rings. The molecule has 0 unspecified atom stereocenters. The molecule has 4 nitrogen and oxygen atoms in total. The van der Waals surface area contributed by atoms with Crippen LogP contribution in [0.1, 0.15) is 18.5 Å². The van der Waals surface area contributed by atoms with Crippen molar-refractivity contribution in [1.82, 2.24) is 9.88 Å². The fourth-order valence-electron chi connectivity index (χ4n) is 2.10. The van der Waals surface area contributed by atoms with Gasteiger partial charge in [-0.25, -0.2) is 4.98 Å². The Labute approximate surface area is 96.4 Å². The van der Waals surface area contributed by atoms with Gasteiger partial charge in [0.25, 0.3) is 0 Å². The summed E-state index contributed by atoms with van der Waals surface area (Å²) in [6, 6.07) is 6.40. The Morgan fingerprint density at radius 3 is 2.88 bits per heavy atom. The number of pyridine rings is 1. The van der Waals surface area contributed by atoms with Crippen LogP contribution >= 0.6 is 0 Å². The normalized spacial score (nSPS) is 17.9. The van der Waals surface area contributed by atoms with E-state index in [0.29, 0.717) is 11.9 Å². The first-order valence-electron chi connectivity index (χ1n) is 5.75. The number of nitrogens with two attached hydrogens (primary N) is 1. The van der Waals surface area contributed by atoms with Crippen LogP contribution in [-0.2, 0) is 11.3 Å². The van der Waals surface area contributed by atoms with Gasteiger partial charge in [-0.2, -0.15) is 0 Å². The zero-order chi connectivity index (χ0) is 11.4. The second-order valence-corrected chi connectivity index (χ2v) is 4.31. The third-order valence-electron chi connectivity index (χ3n) is 3.05. The molecule has 1 aliphatic heterocycles. The molecule has 2 rings (SSSR count). The quantitative estimate of drug-likeness (QED) is 0.835. The molecule has 0 bridgehead atoms. The molecular weight excluding hydrogens is 202 g/mol. The minimum absolute atomic E-state index is 0.595. The molecule has 0 atom stereocenters. The van der Waals surface area contributed by atoms with Crippen molar-refractivity contribution in [3.05, 3.63) is 23.9 Å². The Morgan fingerprint density at radius 1 is 1.44 bits per heavy atom. The summed E-state index contributed by atoms with van der Waals surface area (Å²) in [6.45, 7) is 2.61. The van der Waals surface area contributed by atoms with E-state index in [2.05, 4.69) is 16.9 Å². The third kappa shape index (κ3) is 2.93. The maximum atomic E-state index is 5.66. The van der Waals surface area contributed by atoms with Gasteiger partial charge in [0.05, 0.1) is 5.69 Å². The Kier molecular flexibility index (Phi) is 3.74. The van der Waals surface area contributed by atoms with E-state index in [1.807, 2.05) is 18.2 Å². The van der Waals surface area contributed by atoms with Gasteiger partial charge >= 0.3 is 0 Å². The summed E-state index contributed by atoms with van der Waals surface area (Å²) < 4.78 is 5.36. The highest BCUT2D eigenvalue weighted by atomic mass is 16.5. The largest absolute Gasteiger partial charge is 0.384 e. The molecule has 0 saturated carbocycles. The Hall–Kier alpha value is -1.13. The fourth-order valence-corrected chi connectivity index (χ4v) is 2.10. The maximum Gasteiger partial charge on any atom is 0.123 e. The van der Waals surface area contributed by atoms with E-state index in [1.165, 1.54) is 0 Å². The van der Waals surface area contributed by atoms with E-state index in [0.717, 1.165) is 38.3 Å². The van der Waals surface area contributed by atoms with Gasteiger partial charge in [-0.05, 0) is 32.0 Å². The van der Waals surface area contributed by atoms with E-state index in [9.17, 15) is 0 Å². The molecule has 16 heavy (non-hydrogen) atoms. The van der Waals surface area contributed by atoms with Gasteiger partial charge in [0, 0.05) is 25.8 Å². The molecule has 2 heterocycles. The summed E-state index contributed by atoms with van der Waals surface area (Å²) in [7, 11) is 2.14. The lowest BCUT2D eigenvalue weighted by Gasteiger charge is -2.30. The number of nitrogens with zero attached hydrogens (tertiary/aromatic N) is 2. The first-order valence-corrected chi connectivity index (χ1v) is 5.75. The predicted octanol–water partition coefficient (Wildman–Crippen LogP) is 1.27. The zero-order valence-electron chi connectivity index (χ0n) is 9.72. The predicted molar refractivity (Wildman–Crippen MR) is 64.0 cm³/mol. The molecule has 4 heteroatoms. The third-order valence-corrected chi connectivity index (χ3v) is 3.05. The molecule has 1 aromatic rings. The minimum atomic E-state index is 0.595. The molecule has 0 spiro atoms. The molecular formula is C12H19N3O. The smallest absolute Gasteiger partial charge is 0.123 e. The topological polar surface area (TPSA) is 51.4 Å². The summed E-state index contributed by atoms with van der Waals surface area (Å²) in [5.41, 5.74) is 6.70. The van der Waals surface area contributed by atoms with Crippen LogP contribution in [0.3, 0.4) is 0 Å². The standard InChI is InChI=1S/C12H19N3O/c1-15(11-5-7-16-8-6-11)9-10-3-2-4-12(13)14-10/h2-4,11H,5-9H2,1H3,(H2,13,14). The number of nitrogen functional groups attached to an aromatic ring is 1. The van der Waals surface area contributed by atoms with Crippen LogP contribution in [0.2, 0.25) is 0 Å². The van der Waals surface area contributed by atoms with Crippen molar-refractivity contribution in [1.29, 1.82) is 0 Å². The van der Waals surface area contributed by atoms with Crippen LogP contribution in [0.4, 0.5) is 5.82 Å². The lowest BCUT2D eigenvalue weighted by molar-refractivity contribution is 0.0403. The Morgan fingerprint density at radius 2 is 2.19 bits per heavy atom. The number of aromatic nitrogens is 1. The molecule has 0 aliphatic carbocycles. The van der Waals surface area contributed by atoms with Crippen molar-refractivity contribution < 1.29 is 4.74 Å². The highest BCUT2D eigenvalue weighted by Crippen LogP contribution is 2.15. The van der Waals surface area contributed by atoms with Gasteiger partial charge < -0.3 is 10.5 Å². The molecule has 88 valence electrons. The molecule has 0 aromatic carbocycles. The number of ether oxygens (including phenoxy) is 1. The highest BCUT2D eigenvalue weighted by molar-refractivity contribution is 5.28. The molecule has 1 fully saturated rings. The van der Waals surface area contributed by atoms with Gasteiger partial charge in [0.2, 0.25) is 0 Å². The average Bonchev–Trinajstić information content (AvgIpc) is 2.30. The lowest BCUT2D eigenvalue weighted by atomic mass is 10.1.